The van der Waals surface area contributed by atoms with Gasteiger partial charge in [-0.15, -0.1) is 17.8 Å². The maximum absolute atomic E-state index is 11.7. The Bertz CT molecular complexity index is 472. The number of amidine groups is 1. The number of amides is 2. The molecule has 2 atom stereocenters. The number of terminal acetylenes is 1. The molecule has 2 heterocycles. The smallest absolute Gasteiger partial charge is 0.347 e. The van der Waals surface area contributed by atoms with Gasteiger partial charge in [0.1, 0.15) is 11.9 Å². The Balaban J connectivity index is 2.38. The highest BCUT2D eigenvalue weighted by Gasteiger charge is 2.37. The quantitative estimate of drug-likeness (QED) is 0.789. The minimum atomic E-state index is -0.360. The van der Waals surface area contributed by atoms with E-state index in [-0.39, 0.29) is 18.1 Å². The number of carbonyl (C=O) groups is 1. The van der Waals surface area contributed by atoms with Crippen molar-refractivity contribution in [2.45, 2.75) is 19.0 Å². The standard InChI is InChI=1S/C11H11N3OS/c1-3-7(2)14-9(8-5-4-6-16-8)10(12)13-11(14)15/h1,4-7,9H,2H3,(H2,12,13,15). The van der Waals surface area contributed by atoms with Crippen LogP contribution in [0.5, 0.6) is 0 Å². The van der Waals surface area contributed by atoms with Crippen molar-refractivity contribution in [2.24, 2.45) is 10.7 Å². The van der Waals surface area contributed by atoms with E-state index in [2.05, 4.69) is 10.9 Å². The lowest BCUT2D eigenvalue weighted by Crippen LogP contribution is -2.38. The predicted molar refractivity (Wildman–Crippen MR) is 64.2 cm³/mol. The van der Waals surface area contributed by atoms with E-state index in [0.29, 0.717) is 5.84 Å². The number of aliphatic imine (C=N–C) groups is 1. The maximum atomic E-state index is 11.7. The van der Waals surface area contributed by atoms with Crippen molar-refractivity contribution in [1.82, 2.24) is 4.90 Å². The van der Waals surface area contributed by atoms with Crippen LogP contribution in [0.15, 0.2) is 22.5 Å². The van der Waals surface area contributed by atoms with Crippen molar-refractivity contribution < 1.29 is 4.79 Å². The number of rotatable bonds is 2. The van der Waals surface area contributed by atoms with Gasteiger partial charge in [-0.25, -0.2) is 4.79 Å². The van der Waals surface area contributed by atoms with E-state index in [0.717, 1.165) is 4.88 Å². The van der Waals surface area contributed by atoms with Crippen molar-refractivity contribution in [3.05, 3.63) is 22.4 Å². The first-order valence-corrected chi connectivity index (χ1v) is 5.69. The van der Waals surface area contributed by atoms with E-state index < -0.39 is 0 Å². The lowest BCUT2D eigenvalue weighted by atomic mass is 10.1. The third kappa shape index (κ3) is 1.57. The normalized spacial score (nSPS) is 21.8. The number of hydrogen-bond acceptors (Lipinski definition) is 3. The highest BCUT2D eigenvalue weighted by Crippen LogP contribution is 2.31. The molecule has 0 aromatic carbocycles. The molecule has 2 rings (SSSR count). The molecule has 1 aromatic rings. The summed E-state index contributed by atoms with van der Waals surface area (Å²) in [6.45, 7) is 1.78. The fourth-order valence-corrected chi connectivity index (χ4v) is 2.52. The molecule has 4 nitrogen and oxygen atoms in total. The Morgan fingerprint density at radius 1 is 1.75 bits per heavy atom. The van der Waals surface area contributed by atoms with Gasteiger partial charge < -0.3 is 5.73 Å². The molecule has 2 amide bonds. The number of urea groups is 1. The summed E-state index contributed by atoms with van der Waals surface area (Å²) >= 11 is 1.53. The van der Waals surface area contributed by atoms with Crippen LogP contribution in [0.3, 0.4) is 0 Å². The minimum Gasteiger partial charge on any atom is -0.385 e. The van der Waals surface area contributed by atoms with Crippen LogP contribution in [-0.2, 0) is 0 Å². The monoisotopic (exact) mass is 233 g/mol. The molecule has 5 heteroatoms. The molecule has 1 aliphatic rings. The van der Waals surface area contributed by atoms with Crippen LogP contribution in [0, 0.1) is 12.3 Å². The lowest BCUT2D eigenvalue weighted by molar-refractivity contribution is 0.199. The zero-order chi connectivity index (χ0) is 11.7. The van der Waals surface area contributed by atoms with Crippen LogP contribution in [0.2, 0.25) is 0 Å². The maximum Gasteiger partial charge on any atom is 0.347 e. The highest BCUT2D eigenvalue weighted by atomic mass is 32.1. The number of nitrogens with two attached hydrogens (primary N) is 1. The fourth-order valence-electron chi connectivity index (χ4n) is 1.68. The molecule has 82 valence electrons. The van der Waals surface area contributed by atoms with Gasteiger partial charge in [0, 0.05) is 4.88 Å². The van der Waals surface area contributed by atoms with Crippen molar-refractivity contribution in [3.63, 3.8) is 0 Å². The summed E-state index contributed by atoms with van der Waals surface area (Å²) in [5.74, 6) is 2.84. The van der Waals surface area contributed by atoms with Gasteiger partial charge in [-0.1, -0.05) is 12.0 Å². The average Bonchev–Trinajstić information content (AvgIpc) is 2.84. The van der Waals surface area contributed by atoms with Gasteiger partial charge in [0.2, 0.25) is 0 Å². The summed E-state index contributed by atoms with van der Waals surface area (Å²) in [5, 5.41) is 1.93. The summed E-state index contributed by atoms with van der Waals surface area (Å²) in [4.78, 5) is 17.9. The van der Waals surface area contributed by atoms with Crippen LogP contribution < -0.4 is 5.73 Å². The van der Waals surface area contributed by atoms with Gasteiger partial charge in [-0.2, -0.15) is 4.99 Å². The summed E-state index contributed by atoms with van der Waals surface area (Å²) in [6.07, 6.45) is 5.34. The number of nitrogens with zero attached hydrogens (tertiary/aromatic N) is 2. The molecule has 1 aromatic heterocycles. The largest absolute Gasteiger partial charge is 0.385 e. The van der Waals surface area contributed by atoms with Crippen LogP contribution in [-0.4, -0.2) is 22.8 Å². The first-order chi connectivity index (χ1) is 7.65. The van der Waals surface area contributed by atoms with Crippen molar-refractivity contribution in [2.75, 3.05) is 0 Å². The van der Waals surface area contributed by atoms with Crippen LogP contribution in [0.25, 0.3) is 0 Å². The first kappa shape index (κ1) is 10.7. The summed E-state index contributed by atoms with van der Waals surface area (Å²) < 4.78 is 0. The zero-order valence-electron chi connectivity index (χ0n) is 8.75. The second-order valence-corrected chi connectivity index (χ2v) is 4.47. The van der Waals surface area contributed by atoms with Gasteiger partial charge in [-0.05, 0) is 18.4 Å². The predicted octanol–water partition coefficient (Wildman–Crippen LogP) is 1.60. The molecule has 0 radical (unpaired) electrons. The highest BCUT2D eigenvalue weighted by molar-refractivity contribution is 7.10. The van der Waals surface area contributed by atoms with E-state index in [1.165, 1.54) is 16.2 Å². The second-order valence-electron chi connectivity index (χ2n) is 3.49. The molecule has 0 saturated carbocycles. The van der Waals surface area contributed by atoms with E-state index in [1.807, 2.05) is 17.5 Å². The fraction of sp³-hybridized carbons (Fsp3) is 0.273. The third-order valence-corrected chi connectivity index (χ3v) is 3.40. The molecule has 16 heavy (non-hydrogen) atoms. The molecule has 1 aliphatic heterocycles. The topological polar surface area (TPSA) is 58.7 Å². The Labute approximate surface area is 97.8 Å². The minimum absolute atomic E-state index is 0.307. The van der Waals surface area contributed by atoms with Gasteiger partial charge >= 0.3 is 6.03 Å². The molecular formula is C11H11N3OS. The van der Waals surface area contributed by atoms with Gasteiger partial charge in [0.25, 0.3) is 0 Å². The first-order valence-electron chi connectivity index (χ1n) is 4.81. The molecule has 2 unspecified atom stereocenters. The van der Waals surface area contributed by atoms with E-state index in [9.17, 15) is 4.79 Å². The van der Waals surface area contributed by atoms with Gasteiger partial charge in [0.15, 0.2) is 0 Å². The molecule has 2 N–H and O–H groups in total. The third-order valence-electron chi connectivity index (χ3n) is 2.48. The second kappa shape index (κ2) is 3.99. The van der Waals surface area contributed by atoms with Crippen molar-refractivity contribution in [3.8, 4) is 12.3 Å². The lowest BCUT2D eigenvalue weighted by Gasteiger charge is -2.26. The number of hydrogen-bond donors (Lipinski definition) is 1. The van der Waals surface area contributed by atoms with Gasteiger partial charge in [-0.3, -0.25) is 4.90 Å². The Morgan fingerprint density at radius 3 is 3.06 bits per heavy atom. The SMILES string of the molecule is C#CC(C)N1C(=O)N=C(N)C1c1cccs1. The van der Waals surface area contributed by atoms with Crippen LogP contribution >= 0.6 is 11.3 Å². The average molecular weight is 233 g/mol. The van der Waals surface area contributed by atoms with E-state index >= 15 is 0 Å². The van der Waals surface area contributed by atoms with Crippen LogP contribution in [0.1, 0.15) is 17.8 Å². The molecule has 0 bridgehead atoms. The number of carbonyl (C=O) groups excluding carboxylic acids is 1. The Kier molecular flexibility index (Phi) is 2.67. The Morgan fingerprint density at radius 2 is 2.50 bits per heavy atom. The Hall–Kier alpha value is -1.80. The van der Waals surface area contributed by atoms with Crippen molar-refractivity contribution >= 4 is 23.2 Å². The van der Waals surface area contributed by atoms with Gasteiger partial charge in [0.05, 0.1) is 6.04 Å². The summed E-state index contributed by atoms with van der Waals surface area (Å²) in [6, 6.07) is 2.85. The van der Waals surface area contributed by atoms with Crippen LogP contribution in [0.4, 0.5) is 4.79 Å². The zero-order valence-corrected chi connectivity index (χ0v) is 9.57. The molecule has 0 saturated heterocycles. The summed E-state index contributed by atoms with van der Waals surface area (Å²) in [5.41, 5.74) is 5.77. The van der Waals surface area contributed by atoms with Crippen molar-refractivity contribution in [1.29, 1.82) is 0 Å². The molecule has 0 spiro atoms. The van der Waals surface area contributed by atoms with E-state index in [1.54, 1.807) is 6.92 Å². The molecule has 0 fully saturated rings. The number of thiophene rings is 1. The molecule has 0 aliphatic carbocycles. The van der Waals surface area contributed by atoms with E-state index in [4.69, 9.17) is 12.2 Å². The molecular weight excluding hydrogens is 222 g/mol. The summed E-state index contributed by atoms with van der Waals surface area (Å²) in [7, 11) is 0.